The Labute approximate surface area is 136 Å². The minimum atomic E-state index is -0.494. The lowest BCUT2D eigenvalue weighted by Gasteiger charge is -2.29. The van der Waals surface area contributed by atoms with Crippen LogP contribution in [0.2, 0.25) is 0 Å². The summed E-state index contributed by atoms with van der Waals surface area (Å²) in [4.78, 5) is 41.6. The largest absolute Gasteiger partial charge is 0.348 e. The second-order valence-corrected chi connectivity index (χ2v) is 5.82. The Morgan fingerprint density at radius 1 is 1.22 bits per heavy atom. The van der Waals surface area contributed by atoms with E-state index in [1.165, 1.54) is 40.1 Å². The average molecular weight is 330 g/mol. The number of aromatic nitrogens is 2. The lowest BCUT2D eigenvalue weighted by atomic mass is 10.1. The van der Waals surface area contributed by atoms with Crippen molar-refractivity contribution in [1.82, 2.24) is 19.6 Å². The number of hydrogen-bond acceptors (Lipinski definition) is 5. The highest BCUT2D eigenvalue weighted by Gasteiger charge is 2.41. The zero-order valence-electron chi connectivity index (χ0n) is 12.4. The molecule has 118 valence electrons. The van der Waals surface area contributed by atoms with Crippen molar-refractivity contribution in [2.75, 3.05) is 18.6 Å². The van der Waals surface area contributed by atoms with Crippen LogP contribution in [0, 0.1) is 0 Å². The standard InChI is InChI=1S/C15H14N4O3S/c1-23-9-8-18(15(22)17-7-6-16-10-17)19-13(20)11-4-2-3-5-12(11)14(19)21/h2-7,10H,8-9H2,1H3. The van der Waals surface area contributed by atoms with Gasteiger partial charge in [0.1, 0.15) is 6.33 Å². The molecule has 2 heterocycles. The van der Waals surface area contributed by atoms with Gasteiger partial charge >= 0.3 is 6.03 Å². The van der Waals surface area contributed by atoms with Gasteiger partial charge in [-0.05, 0) is 18.4 Å². The number of rotatable bonds is 4. The van der Waals surface area contributed by atoms with Gasteiger partial charge in [-0.15, -0.1) is 0 Å². The van der Waals surface area contributed by atoms with Crippen LogP contribution in [-0.2, 0) is 0 Å². The molecule has 0 radical (unpaired) electrons. The molecule has 0 aliphatic carbocycles. The fourth-order valence-corrected chi connectivity index (χ4v) is 2.72. The number of benzene rings is 1. The van der Waals surface area contributed by atoms with Crippen molar-refractivity contribution in [3.05, 3.63) is 54.1 Å². The maximum absolute atomic E-state index is 12.6. The van der Waals surface area contributed by atoms with E-state index in [9.17, 15) is 14.4 Å². The van der Waals surface area contributed by atoms with E-state index in [4.69, 9.17) is 0 Å². The summed E-state index contributed by atoms with van der Waals surface area (Å²) in [6.07, 6.45) is 6.18. The molecule has 0 saturated carbocycles. The fourth-order valence-electron chi connectivity index (χ4n) is 2.36. The van der Waals surface area contributed by atoms with Gasteiger partial charge in [0, 0.05) is 18.1 Å². The molecule has 3 rings (SSSR count). The van der Waals surface area contributed by atoms with Gasteiger partial charge in [-0.3, -0.25) is 14.2 Å². The first-order valence-corrected chi connectivity index (χ1v) is 8.31. The summed E-state index contributed by atoms with van der Waals surface area (Å²) in [7, 11) is 0. The summed E-state index contributed by atoms with van der Waals surface area (Å²) in [5.74, 6) is -0.381. The molecule has 0 spiro atoms. The van der Waals surface area contributed by atoms with Crippen LogP contribution in [0.1, 0.15) is 20.7 Å². The minimum Gasteiger partial charge on any atom is -0.267 e. The number of hydrogen-bond donors (Lipinski definition) is 0. The summed E-state index contributed by atoms with van der Waals surface area (Å²) in [6, 6.07) is 6.06. The summed E-state index contributed by atoms with van der Waals surface area (Å²) < 4.78 is 1.24. The molecular weight excluding hydrogens is 316 g/mol. The van der Waals surface area contributed by atoms with Gasteiger partial charge in [-0.1, -0.05) is 12.1 Å². The minimum absolute atomic E-state index is 0.240. The lowest BCUT2D eigenvalue weighted by Crippen LogP contribution is -2.51. The van der Waals surface area contributed by atoms with Crippen LogP contribution in [0.25, 0.3) is 0 Å². The highest BCUT2D eigenvalue weighted by atomic mass is 32.2. The summed E-state index contributed by atoms with van der Waals surface area (Å²) >= 11 is 1.52. The van der Waals surface area contributed by atoms with Crippen molar-refractivity contribution >= 4 is 29.6 Å². The molecule has 0 fully saturated rings. The molecule has 1 aliphatic rings. The first kappa shape index (κ1) is 15.3. The van der Waals surface area contributed by atoms with E-state index in [1.54, 1.807) is 24.3 Å². The molecule has 23 heavy (non-hydrogen) atoms. The zero-order valence-corrected chi connectivity index (χ0v) is 13.2. The molecule has 0 atom stereocenters. The number of imide groups is 1. The monoisotopic (exact) mass is 330 g/mol. The van der Waals surface area contributed by atoms with Crippen LogP contribution >= 0.6 is 11.8 Å². The number of fused-ring (bicyclic) bond motifs is 1. The number of carbonyl (C=O) groups excluding carboxylic acids is 3. The van der Waals surface area contributed by atoms with E-state index in [2.05, 4.69) is 4.98 Å². The molecule has 1 aromatic carbocycles. The highest BCUT2D eigenvalue weighted by molar-refractivity contribution is 7.98. The number of thioether (sulfide) groups is 1. The van der Waals surface area contributed by atoms with Crippen LogP contribution in [0.4, 0.5) is 4.79 Å². The molecule has 0 saturated heterocycles. The van der Waals surface area contributed by atoms with E-state index in [1.807, 2.05) is 6.26 Å². The van der Waals surface area contributed by atoms with Crippen molar-refractivity contribution in [3.63, 3.8) is 0 Å². The number of nitrogens with zero attached hydrogens (tertiary/aromatic N) is 4. The SMILES string of the molecule is CSCCN(C(=O)n1ccnc1)N1C(=O)c2ccccc2C1=O. The van der Waals surface area contributed by atoms with Gasteiger partial charge in [-0.2, -0.15) is 16.8 Å². The van der Waals surface area contributed by atoms with Crippen molar-refractivity contribution in [2.45, 2.75) is 0 Å². The van der Waals surface area contributed by atoms with E-state index >= 15 is 0 Å². The topological polar surface area (TPSA) is 75.5 Å². The molecule has 7 nitrogen and oxygen atoms in total. The maximum atomic E-state index is 12.6. The van der Waals surface area contributed by atoms with E-state index in [0.717, 1.165) is 5.01 Å². The Kier molecular flexibility index (Phi) is 4.16. The highest BCUT2D eigenvalue weighted by Crippen LogP contribution is 2.24. The Hall–Kier alpha value is -2.61. The van der Waals surface area contributed by atoms with Gasteiger partial charge in [0.25, 0.3) is 11.8 Å². The van der Waals surface area contributed by atoms with Crippen molar-refractivity contribution in [1.29, 1.82) is 0 Å². The summed E-state index contributed by atoms with van der Waals surface area (Å²) in [6.45, 7) is 0.240. The van der Waals surface area contributed by atoms with Gasteiger partial charge < -0.3 is 0 Å². The first-order chi connectivity index (χ1) is 11.1. The predicted octanol–water partition coefficient (Wildman–Crippen LogP) is 1.73. The second-order valence-electron chi connectivity index (χ2n) is 4.84. The number of amides is 3. The third-order valence-corrected chi connectivity index (χ3v) is 4.06. The number of hydrazine groups is 1. The smallest absolute Gasteiger partial charge is 0.267 e. The van der Waals surface area contributed by atoms with Crippen LogP contribution in [-0.4, -0.2) is 56.0 Å². The molecule has 0 bridgehead atoms. The Balaban J connectivity index is 1.96. The third-order valence-electron chi connectivity index (χ3n) is 3.47. The van der Waals surface area contributed by atoms with Gasteiger partial charge in [0.2, 0.25) is 0 Å². The van der Waals surface area contributed by atoms with Crippen molar-refractivity contribution in [3.8, 4) is 0 Å². The lowest BCUT2D eigenvalue weighted by molar-refractivity contribution is 0.0204. The van der Waals surface area contributed by atoms with E-state index in [0.29, 0.717) is 16.9 Å². The molecule has 2 aromatic rings. The van der Waals surface area contributed by atoms with Gasteiger partial charge in [0.05, 0.1) is 17.7 Å². The molecule has 0 unspecified atom stereocenters. The first-order valence-electron chi connectivity index (χ1n) is 6.91. The Morgan fingerprint density at radius 3 is 2.39 bits per heavy atom. The Bertz CT molecular complexity index is 725. The molecule has 8 heteroatoms. The predicted molar refractivity (Wildman–Crippen MR) is 85.1 cm³/mol. The van der Waals surface area contributed by atoms with Crippen LogP contribution in [0.3, 0.4) is 0 Å². The quantitative estimate of drug-likeness (QED) is 0.798. The van der Waals surface area contributed by atoms with Crippen molar-refractivity contribution < 1.29 is 14.4 Å². The molecule has 3 amide bonds. The normalized spacial score (nSPS) is 13.3. The number of imidazole rings is 1. The summed E-state index contributed by atoms with van der Waals surface area (Å²) in [5, 5.41) is 2.09. The van der Waals surface area contributed by atoms with Crippen LogP contribution in [0.5, 0.6) is 0 Å². The fraction of sp³-hybridized carbons (Fsp3) is 0.200. The second kappa shape index (κ2) is 6.25. The maximum Gasteiger partial charge on any atom is 0.348 e. The molecule has 0 N–H and O–H groups in total. The zero-order chi connectivity index (χ0) is 16.4. The van der Waals surface area contributed by atoms with Crippen LogP contribution < -0.4 is 0 Å². The van der Waals surface area contributed by atoms with E-state index < -0.39 is 17.8 Å². The van der Waals surface area contributed by atoms with E-state index in [-0.39, 0.29) is 6.54 Å². The van der Waals surface area contributed by atoms with Crippen molar-refractivity contribution in [2.24, 2.45) is 0 Å². The number of carbonyl (C=O) groups is 3. The summed E-state index contributed by atoms with van der Waals surface area (Å²) in [5.41, 5.74) is 0.621. The molecule has 1 aliphatic heterocycles. The average Bonchev–Trinajstić information content (AvgIpc) is 3.18. The third kappa shape index (κ3) is 2.61. The molecular formula is C15H14N4O3S. The Morgan fingerprint density at radius 2 is 1.87 bits per heavy atom. The molecule has 1 aromatic heterocycles. The van der Waals surface area contributed by atoms with Gasteiger partial charge in [-0.25, -0.2) is 14.8 Å². The van der Waals surface area contributed by atoms with Gasteiger partial charge in [0.15, 0.2) is 0 Å². The van der Waals surface area contributed by atoms with Crippen LogP contribution in [0.15, 0.2) is 43.0 Å².